The molecule has 0 bridgehead atoms. The third kappa shape index (κ3) is 3.63. The highest BCUT2D eigenvalue weighted by Gasteiger charge is 2.38. The molecule has 4 aromatic rings. The van der Waals surface area contributed by atoms with Gasteiger partial charge in [0.25, 0.3) is 0 Å². The van der Waals surface area contributed by atoms with Crippen molar-refractivity contribution in [3.8, 4) is 0 Å². The molecule has 1 aliphatic rings. The van der Waals surface area contributed by atoms with Crippen molar-refractivity contribution < 1.29 is 9.90 Å². The first-order chi connectivity index (χ1) is 15.9. The van der Waals surface area contributed by atoms with Crippen LogP contribution in [0.15, 0.2) is 79.3 Å². The molecular formula is C27H24ClN3O2. The lowest BCUT2D eigenvalue weighted by Gasteiger charge is -2.33. The fourth-order valence-corrected chi connectivity index (χ4v) is 4.93. The molecule has 0 spiro atoms. The quantitative estimate of drug-likeness (QED) is 0.446. The second-order valence-corrected chi connectivity index (χ2v) is 9.01. The van der Waals surface area contributed by atoms with Crippen molar-refractivity contribution in [1.29, 1.82) is 0 Å². The number of hydrogen-bond acceptors (Lipinski definition) is 3. The van der Waals surface area contributed by atoms with E-state index in [-0.39, 0.29) is 11.8 Å². The minimum Gasteiger partial charge on any atom is -0.374 e. The van der Waals surface area contributed by atoms with Gasteiger partial charge in [-0.3, -0.25) is 4.79 Å². The first kappa shape index (κ1) is 21.4. The van der Waals surface area contributed by atoms with E-state index in [1.807, 2.05) is 54.1 Å². The second kappa shape index (κ2) is 8.18. The maximum absolute atomic E-state index is 12.5. The summed E-state index contributed by atoms with van der Waals surface area (Å²) in [4.78, 5) is 16.8. The SMILES string of the molecule is Cc1ccccc1C1CC(=O)Nc2ccc(C(O)(c3ccc(Cl)cc3)c3cncn3C)cc21. The standard InChI is InChI=1S/C27H24ClN3O2/c1-17-5-3-4-6-21(17)22-14-26(32)30-24-12-9-19(13-23(22)24)27(33,25-15-29-16-31(25)2)18-7-10-20(28)11-8-18/h3-13,15-16,22,33H,14H2,1-2H3,(H,30,32). The molecule has 1 aliphatic heterocycles. The van der Waals surface area contributed by atoms with Gasteiger partial charge in [-0.25, -0.2) is 4.98 Å². The van der Waals surface area contributed by atoms with Gasteiger partial charge >= 0.3 is 0 Å². The molecule has 5 nitrogen and oxygen atoms in total. The highest BCUT2D eigenvalue weighted by molar-refractivity contribution is 6.30. The van der Waals surface area contributed by atoms with Gasteiger partial charge in [0.2, 0.25) is 5.91 Å². The van der Waals surface area contributed by atoms with E-state index in [9.17, 15) is 9.90 Å². The molecule has 5 rings (SSSR count). The third-order valence-electron chi connectivity index (χ3n) is 6.52. The van der Waals surface area contributed by atoms with Gasteiger partial charge in [0.05, 0.1) is 18.2 Å². The lowest BCUT2D eigenvalue weighted by Crippen LogP contribution is -2.32. The van der Waals surface area contributed by atoms with Crippen LogP contribution in [0.25, 0.3) is 0 Å². The monoisotopic (exact) mass is 457 g/mol. The summed E-state index contributed by atoms with van der Waals surface area (Å²) in [6.07, 6.45) is 3.70. The average Bonchev–Trinajstić information content (AvgIpc) is 3.25. The van der Waals surface area contributed by atoms with E-state index in [1.165, 1.54) is 0 Å². The van der Waals surface area contributed by atoms with Crippen molar-refractivity contribution in [3.05, 3.63) is 118 Å². The van der Waals surface area contributed by atoms with Crippen LogP contribution in [-0.2, 0) is 17.4 Å². The van der Waals surface area contributed by atoms with Gasteiger partial charge in [0.15, 0.2) is 5.60 Å². The van der Waals surface area contributed by atoms with E-state index in [4.69, 9.17) is 11.6 Å². The van der Waals surface area contributed by atoms with Crippen molar-refractivity contribution >= 4 is 23.2 Å². The van der Waals surface area contributed by atoms with Gasteiger partial charge in [0, 0.05) is 30.1 Å². The number of amides is 1. The number of halogens is 1. The Morgan fingerprint density at radius 3 is 2.48 bits per heavy atom. The molecule has 2 heterocycles. The lowest BCUT2D eigenvalue weighted by molar-refractivity contribution is -0.116. The minimum atomic E-state index is -1.46. The van der Waals surface area contributed by atoms with Gasteiger partial charge in [-0.15, -0.1) is 0 Å². The molecule has 0 radical (unpaired) electrons. The maximum Gasteiger partial charge on any atom is 0.225 e. The summed E-state index contributed by atoms with van der Waals surface area (Å²) in [6.45, 7) is 2.06. The second-order valence-electron chi connectivity index (χ2n) is 8.57. The first-order valence-electron chi connectivity index (χ1n) is 10.8. The zero-order valence-corrected chi connectivity index (χ0v) is 19.2. The summed E-state index contributed by atoms with van der Waals surface area (Å²) < 4.78 is 1.81. The van der Waals surface area contributed by atoms with Crippen LogP contribution in [0.4, 0.5) is 5.69 Å². The van der Waals surface area contributed by atoms with Crippen molar-refractivity contribution in [2.45, 2.75) is 24.9 Å². The van der Waals surface area contributed by atoms with Crippen LogP contribution >= 0.6 is 11.6 Å². The van der Waals surface area contributed by atoms with E-state index in [1.54, 1.807) is 24.7 Å². The highest BCUT2D eigenvalue weighted by Crippen LogP contribution is 2.43. The van der Waals surface area contributed by atoms with E-state index in [0.29, 0.717) is 28.3 Å². The Morgan fingerprint density at radius 2 is 1.79 bits per heavy atom. The Kier molecular flexibility index (Phi) is 5.31. The molecule has 0 saturated carbocycles. The molecule has 0 fully saturated rings. The zero-order chi connectivity index (χ0) is 23.2. The van der Waals surface area contributed by atoms with Crippen LogP contribution in [0, 0.1) is 6.92 Å². The van der Waals surface area contributed by atoms with Crippen molar-refractivity contribution in [1.82, 2.24) is 9.55 Å². The number of carbonyl (C=O) groups is 1. The number of anilines is 1. The fourth-order valence-electron chi connectivity index (χ4n) is 4.80. The van der Waals surface area contributed by atoms with Gasteiger partial charge in [-0.2, -0.15) is 0 Å². The first-order valence-corrected chi connectivity index (χ1v) is 11.2. The Balaban J connectivity index is 1.72. The largest absolute Gasteiger partial charge is 0.374 e. The van der Waals surface area contributed by atoms with Crippen molar-refractivity contribution in [2.24, 2.45) is 7.05 Å². The van der Waals surface area contributed by atoms with Crippen LogP contribution in [0.5, 0.6) is 0 Å². The number of nitrogens with one attached hydrogen (secondary N) is 1. The maximum atomic E-state index is 12.5. The molecule has 0 saturated heterocycles. The number of benzene rings is 3. The number of aliphatic hydroxyl groups is 1. The Labute approximate surface area is 197 Å². The van der Waals surface area contributed by atoms with Crippen LogP contribution < -0.4 is 5.32 Å². The number of aromatic nitrogens is 2. The molecule has 1 aromatic heterocycles. The summed E-state index contributed by atoms with van der Waals surface area (Å²) in [5, 5.41) is 15.9. The Bertz CT molecular complexity index is 1350. The smallest absolute Gasteiger partial charge is 0.225 e. The van der Waals surface area contributed by atoms with Crippen LogP contribution in [0.3, 0.4) is 0 Å². The number of carbonyl (C=O) groups excluding carboxylic acids is 1. The summed E-state index contributed by atoms with van der Waals surface area (Å²) in [5.41, 5.74) is 4.56. The summed E-state index contributed by atoms with van der Waals surface area (Å²) in [6, 6.07) is 21.1. The molecule has 6 heteroatoms. The molecule has 166 valence electrons. The molecule has 0 aliphatic carbocycles. The molecule has 33 heavy (non-hydrogen) atoms. The van der Waals surface area contributed by atoms with Gasteiger partial charge < -0.3 is 15.0 Å². The summed E-state index contributed by atoms with van der Waals surface area (Å²) >= 11 is 6.13. The van der Waals surface area contributed by atoms with Crippen LogP contribution in [0.2, 0.25) is 5.02 Å². The number of fused-ring (bicyclic) bond motifs is 1. The van der Waals surface area contributed by atoms with Gasteiger partial charge in [0.1, 0.15) is 0 Å². The Morgan fingerprint density at radius 1 is 1.06 bits per heavy atom. The van der Waals surface area contributed by atoms with Crippen molar-refractivity contribution in [3.63, 3.8) is 0 Å². The Hall–Kier alpha value is -3.41. The minimum absolute atomic E-state index is 0.0110. The number of nitrogens with zero attached hydrogens (tertiary/aromatic N) is 2. The van der Waals surface area contributed by atoms with Gasteiger partial charge in [-0.1, -0.05) is 54.1 Å². The van der Waals surface area contributed by atoms with Crippen LogP contribution in [0.1, 0.15) is 45.8 Å². The lowest BCUT2D eigenvalue weighted by atomic mass is 9.78. The van der Waals surface area contributed by atoms with E-state index in [2.05, 4.69) is 29.4 Å². The van der Waals surface area contributed by atoms with Gasteiger partial charge in [-0.05, 0) is 59.0 Å². The van der Waals surface area contributed by atoms with Crippen molar-refractivity contribution in [2.75, 3.05) is 5.32 Å². The topological polar surface area (TPSA) is 67.2 Å². The molecule has 3 aromatic carbocycles. The van der Waals surface area contributed by atoms with E-state index < -0.39 is 5.60 Å². The number of hydrogen-bond donors (Lipinski definition) is 2. The summed E-state index contributed by atoms with van der Waals surface area (Å²) in [7, 11) is 1.86. The number of imidazole rings is 1. The number of rotatable bonds is 4. The van der Waals surface area contributed by atoms with Crippen LogP contribution in [-0.4, -0.2) is 20.6 Å². The predicted molar refractivity (Wildman–Crippen MR) is 129 cm³/mol. The predicted octanol–water partition coefficient (Wildman–Crippen LogP) is 5.14. The summed E-state index contributed by atoms with van der Waals surface area (Å²) in [5.74, 6) is -0.112. The normalized spacial score (nSPS) is 17.2. The fraction of sp³-hybridized carbons (Fsp3) is 0.185. The third-order valence-corrected chi connectivity index (χ3v) is 6.77. The molecule has 2 N–H and O–H groups in total. The van der Waals surface area contributed by atoms with E-state index in [0.717, 1.165) is 22.4 Å². The molecule has 1 amide bonds. The van der Waals surface area contributed by atoms with E-state index >= 15 is 0 Å². The highest BCUT2D eigenvalue weighted by atomic mass is 35.5. The zero-order valence-electron chi connectivity index (χ0n) is 18.4. The number of aryl methyl sites for hydroxylation is 2. The molecule has 2 atom stereocenters. The molecule has 2 unspecified atom stereocenters. The molecular weight excluding hydrogens is 434 g/mol. The average molecular weight is 458 g/mol.